The average Bonchev–Trinajstić information content (AvgIpc) is 2.26. The Morgan fingerprint density at radius 2 is 2.25 bits per heavy atom. The number of primary amides is 1. The highest BCUT2D eigenvalue weighted by Gasteiger charge is 2.06. The third-order valence-electron chi connectivity index (χ3n) is 2.35. The summed E-state index contributed by atoms with van der Waals surface area (Å²) in [7, 11) is 0. The summed E-state index contributed by atoms with van der Waals surface area (Å²) in [6, 6.07) is 4.17. The van der Waals surface area contributed by atoms with Gasteiger partial charge in [0.25, 0.3) is 0 Å². The fourth-order valence-electron chi connectivity index (χ4n) is 1.39. The molecule has 0 heterocycles. The maximum Gasteiger partial charge on any atom is 0.248 e. The smallest absolute Gasteiger partial charge is 0.248 e. The van der Waals surface area contributed by atoms with Crippen LogP contribution in [0.25, 0.3) is 0 Å². The fourth-order valence-corrected chi connectivity index (χ4v) is 1.39. The summed E-state index contributed by atoms with van der Waals surface area (Å²) in [5.74, 6) is -0.844. The summed E-state index contributed by atoms with van der Waals surface area (Å²) < 4.78 is 13.4. The second-order valence-corrected chi connectivity index (χ2v) is 3.70. The molecule has 0 aliphatic carbocycles. The zero-order chi connectivity index (χ0) is 12.0. The highest BCUT2D eigenvalue weighted by Crippen LogP contribution is 2.10. The van der Waals surface area contributed by atoms with Crippen LogP contribution in [0.1, 0.15) is 35.7 Å². The van der Waals surface area contributed by atoms with Crippen molar-refractivity contribution in [2.24, 2.45) is 5.73 Å². The van der Waals surface area contributed by atoms with Crippen molar-refractivity contribution in [1.82, 2.24) is 5.32 Å². The van der Waals surface area contributed by atoms with Crippen LogP contribution < -0.4 is 11.1 Å². The Morgan fingerprint density at radius 3 is 2.88 bits per heavy atom. The van der Waals surface area contributed by atoms with Gasteiger partial charge in [0, 0.05) is 17.7 Å². The van der Waals surface area contributed by atoms with Crippen molar-refractivity contribution in [3.8, 4) is 0 Å². The van der Waals surface area contributed by atoms with Crippen LogP contribution in [0.15, 0.2) is 18.2 Å². The van der Waals surface area contributed by atoms with E-state index in [0.29, 0.717) is 17.7 Å². The number of nitrogens with one attached hydrogen (secondary N) is 1. The van der Waals surface area contributed by atoms with E-state index in [1.54, 1.807) is 0 Å². The second-order valence-electron chi connectivity index (χ2n) is 3.70. The van der Waals surface area contributed by atoms with E-state index in [-0.39, 0.29) is 5.82 Å². The van der Waals surface area contributed by atoms with Gasteiger partial charge in [0.2, 0.25) is 5.91 Å². The van der Waals surface area contributed by atoms with E-state index >= 15 is 0 Å². The number of rotatable bonds is 6. The van der Waals surface area contributed by atoms with E-state index < -0.39 is 5.91 Å². The molecule has 1 rings (SSSR count). The van der Waals surface area contributed by atoms with E-state index in [1.807, 2.05) is 0 Å². The monoisotopic (exact) mass is 224 g/mol. The number of halogens is 1. The topological polar surface area (TPSA) is 55.1 Å². The molecule has 0 radical (unpaired) electrons. The lowest BCUT2D eigenvalue weighted by atomic mass is 10.1. The Bertz CT molecular complexity index is 366. The first-order chi connectivity index (χ1) is 7.65. The maximum atomic E-state index is 13.4. The molecule has 0 aliphatic rings. The van der Waals surface area contributed by atoms with Crippen molar-refractivity contribution in [3.63, 3.8) is 0 Å². The summed E-state index contributed by atoms with van der Waals surface area (Å²) in [5.41, 5.74) is 5.95. The predicted octanol–water partition coefficient (Wildman–Crippen LogP) is 1.81. The Morgan fingerprint density at radius 1 is 1.50 bits per heavy atom. The van der Waals surface area contributed by atoms with Gasteiger partial charge in [-0.15, -0.1) is 0 Å². The van der Waals surface area contributed by atoms with Crippen LogP contribution >= 0.6 is 0 Å². The third-order valence-corrected chi connectivity index (χ3v) is 2.35. The molecule has 0 aromatic heterocycles. The molecule has 4 heteroatoms. The molecule has 0 saturated carbocycles. The summed E-state index contributed by atoms with van der Waals surface area (Å²) in [5, 5.41) is 3.12. The van der Waals surface area contributed by atoms with Crippen molar-refractivity contribution in [3.05, 3.63) is 35.1 Å². The van der Waals surface area contributed by atoms with E-state index in [2.05, 4.69) is 12.2 Å². The van der Waals surface area contributed by atoms with E-state index in [9.17, 15) is 9.18 Å². The number of carbonyl (C=O) groups is 1. The Kier molecular flexibility index (Phi) is 4.92. The van der Waals surface area contributed by atoms with Crippen LogP contribution in [0.4, 0.5) is 4.39 Å². The number of hydrogen-bond acceptors (Lipinski definition) is 2. The number of amides is 1. The van der Waals surface area contributed by atoms with Gasteiger partial charge in [-0.2, -0.15) is 0 Å². The Hall–Kier alpha value is -1.42. The first kappa shape index (κ1) is 12.6. The lowest BCUT2D eigenvalue weighted by Gasteiger charge is -2.06. The van der Waals surface area contributed by atoms with Crippen LogP contribution in [0.2, 0.25) is 0 Å². The lowest BCUT2D eigenvalue weighted by Crippen LogP contribution is -2.17. The lowest BCUT2D eigenvalue weighted by molar-refractivity contribution is 0.1000. The average molecular weight is 224 g/mol. The van der Waals surface area contributed by atoms with Gasteiger partial charge in [0.15, 0.2) is 0 Å². The van der Waals surface area contributed by atoms with Crippen molar-refractivity contribution < 1.29 is 9.18 Å². The maximum absolute atomic E-state index is 13.4. The molecule has 3 nitrogen and oxygen atoms in total. The quantitative estimate of drug-likeness (QED) is 0.724. The molecule has 1 aromatic carbocycles. The number of carbonyl (C=O) groups excluding carboxylic acids is 1. The zero-order valence-corrected chi connectivity index (χ0v) is 9.42. The van der Waals surface area contributed by atoms with E-state index in [4.69, 9.17) is 5.73 Å². The summed E-state index contributed by atoms with van der Waals surface area (Å²) in [6.45, 7) is 3.36. The molecular weight excluding hydrogens is 207 g/mol. The van der Waals surface area contributed by atoms with Crippen molar-refractivity contribution >= 4 is 5.91 Å². The first-order valence-corrected chi connectivity index (χ1v) is 5.44. The number of hydrogen-bond donors (Lipinski definition) is 2. The molecule has 0 atom stereocenters. The zero-order valence-electron chi connectivity index (χ0n) is 9.42. The SMILES string of the molecule is CCCCNCc1cc(C(N)=O)ccc1F. The number of nitrogens with two attached hydrogens (primary N) is 1. The molecule has 0 spiro atoms. The molecule has 88 valence electrons. The number of benzene rings is 1. The Balaban J connectivity index is 2.63. The normalized spacial score (nSPS) is 10.4. The molecule has 0 bridgehead atoms. The largest absolute Gasteiger partial charge is 0.366 e. The highest BCUT2D eigenvalue weighted by molar-refractivity contribution is 5.92. The van der Waals surface area contributed by atoms with Gasteiger partial charge in [-0.25, -0.2) is 4.39 Å². The highest BCUT2D eigenvalue weighted by atomic mass is 19.1. The summed E-state index contributed by atoms with van der Waals surface area (Å²) in [4.78, 5) is 10.9. The van der Waals surface area contributed by atoms with Gasteiger partial charge in [-0.3, -0.25) is 4.79 Å². The van der Waals surface area contributed by atoms with E-state index in [0.717, 1.165) is 19.4 Å². The van der Waals surface area contributed by atoms with Crippen molar-refractivity contribution in [2.45, 2.75) is 26.3 Å². The van der Waals surface area contributed by atoms with Gasteiger partial charge in [0.1, 0.15) is 5.82 Å². The molecular formula is C12H17FN2O. The molecule has 0 unspecified atom stereocenters. The van der Waals surface area contributed by atoms with Crippen molar-refractivity contribution in [2.75, 3.05) is 6.54 Å². The van der Waals surface area contributed by atoms with Gasteiger partial charge in [0.05, 0.1) is 0 Å². The molecule has 1 amide bonds. The summed E-state index contributed by atoms with van der Waals surface area (Å²) in [6.07, 6.45) is 2.15. The first-order valence-electron chi connectivity index (χ1n) is 5.44. The minimum Gasteiger partial charge on any atom is -0.366 e. The van der Waals surface area contributed by atoms with Gasteiger partial charge < -0.3 is 11.1 Å². The fraction of sp³-hybridized carbons (Fsp3) is 0.417. The Labute approximate surface area is 94.8 Å². The molecule has 3 N–H and O–H groups in total. The second kappa shape index (κ2) is 6.23. The molecule has 0 fully saturated rings. The van der Waals surface area contributed by atoms with Gasteiger partial charge in [-0.05, 0) is 31.2 Å². The van der Waals surface area contributed by atoms with Crippen LogP contribution in [0, 0.1) is 5.82 Å². The van der Waals surface area contributed by atoms with E-state index in [1.165, 1.54) is 18.2 Å². The molecule has 16 heavy (non-hydrogen) atoms. The van der Waals surface area contributed by atoms with Crippen molar-refractivity contribution in [1.29, 1.82) is 0 Å². The van der Waals surface area contributed by atoms with Crippen LogP contribution in [-0.2, 0) is 6.54 Å². The standard InChI is InChI=1S/C12H17FN2O/c1-2-3-6-15-8-10-7-9(12(14)16)4-5-11(10)13/h4-5,7,15H,2-3,6,8H2,1H3,(H2,14,16). The third kappa shape index (κ3) is 3.62. The minimum absolute atomic E-state index is 0.311. The molecule has 0 aliphatic heterocycles. The van der Waals surface area contributed by atoms with Gasteiger partial charge in [-0.1, -0.05) is 13.3 Å². The summed E-state index contributed by atoms with van der Waals surface area (Å²) >= 11 is 0. The van der Waals surface area contributed by atoms with Gasteiger partial charge >= 0.3 is 0 Å². The predicted molar refractivity (Wildman–Crippen MR) is 61.5 cm³/mol. The molecule has 1 aromatic rings. The van der Waals surface area contributed by atoms with Crippen LogP contribution in [0.3, 0.4) is 0 Å². The number of unbranched alkanes of at least 4 members (excludes halogenated alkanes) is 1. The van der Waals surface area contributed by atoms with Crippen LogP contribution in [0.5, 0.6) is 0 Å². The minimum atomic E-state index is -0.533. The van der Waals surface area contributed by atoms with Crippen LogP contribution in [-0.4, -0.2) is 12.5 Å². The molecule has 0 saturated heterocycles.